The summed E-state index contributed by atoms with van der Waals surface area (Å²) >= 11 is 0. The molecule has 3 aromatic rings. The Morgan fingerprint density at radius 1 is 1.07 bits per heavy atom. The first-order chi connectivity index (χ1) is 14.2. The van der Waals surface area contributed by atoms with Crippen molar-refractivity contribution in [1.29, 1.82) is 0 Å². The highest BCUT2D eigenvalue weighted by atomic mass is 16.4. The number of para-hydroxylation sites is 2. The molecule has 0 spiro atoms. The van der Waals surface area contributed by atoms with Gasteiger partial charge in [0, 0.05) is 37.3 Å². The first kappa shape index (κ1) is 18.2. The molecule has 1 aliphatic carbocycles. The van der Waals surface area contributed by atoms with E-state index in [0.29, 0.717) is 24.4 Å². The number of benzene rings is 1. The van der Waals surface area contributed by atoms with Crippen LogP contribution in [-0.2, 0) is 4.79 Å². The van der Waals surface area contributed by atoms with Crippen molar-refractivity contribution in [2.75, 3.05) is 13.1 Å². The average Bonchev–Trinajstić information content (AvgIpc) is 3.20. The maximum absolute atomic E-state index is 10.8. The second kappa shape index (κ2) is 7.55. The third-order valence-electron chi connectivity index (χ3n) is 6.41. The molecule has 1 N–H and O–H groups in total. The van der Waals surface area contributed by atoms with Crippen LogP contribution < -0.4 is 0 Å². The number of fused-ring (bicyclic) bond motifs is 1. The third kappa shape index (κ3) is 3.74. The van der Waals surface area contributed by atoms with E-state index < -0.39 is 5.97 Å². The van der Waals surface area contributed by atoms with Crippen LogP contribution in [0.5, 0.6) is 0 Å². The van der Waals surface area contributed by atoms with Gasteiger partial charge in [-0.2, -0.15) is 5.10 Å². The summed E-state index contributed by atoms with van der Waals surface area (Å²) in [7, 11) is 0. The van der Waals surface area contributed by atoms with Gasteiger partial charge >= 0.3 is 5.97 Å². The molecule has 1 aliphatic heterocycles. The Balaban J connectivity index is 1.20. The molecule has 3 heterocycles. The van der Waals surface area contributed by atoms with Crippen LogP contribution in [0.2, 0.25) is 0 Å². The minimum Gasteiger partial charge on any atom is -0.481 e. The van der Waals surface area contributed by atoms with Crippen LogP contribution in [0.1, 0.15) is 38.1 Å². The van der Waals surface area contributed by atoms with Gasteiger partial charge in [-0.25, -0.2) is 4.98 Å². The topological polar surface area (TPSA) is 84.1 Å². The zero-order chi connectivity index (χ0) is 19.8. The van der Waals surface area contributed by atoms with E-state index in [4.69, 9.17) is 10.1 Å². The highest BCUT2D eigenvalue weighted by Crippen LogP contribution is 2.36. The second-order valence-corrected chi connectivity index (χ2v) is 8.31. The summed E-state index contributed by atoms with van der Waals surface area (Å²) < 4.78 is 2.08. The van der Waals surface area contributed by atoms with E-state index in [1.807, 2.05) is 36.7 Å². The molecule has 0 atom stereocenters. The van der Waals surface area contributed by atoms with Gasteiger partial charge in [-0.1, -0.05) is 12.1 Å². The molecule has 1 aromatic carbocycles. The fourth-order valence-electron chi connectivity index (χ4n) is 4.69. The normalized spacial score (nSPS) is 23.2. The van der Waals surface area contributed by atoms with Crippen LogP contribution >= 0.6 is 0 Å². The monoisotopic (exact) mass is 391 g/mol. The smallest absolute Gasteiger partial charge is 0.303 e. The number of aliphatic carboxylic acids is 1. The Kier molecular flexibility index (Phi) is 4.75. The lowest BCUT2D eigenvalue weighted by molar-refractivity contribution is -0.139. The minimum absolute atomic E-state index is 0.320. The van der Waals surface area contributed by atoms with Gasteiger partial charge in [-0.15, -0.1) is 0 Å². The standard InChI is InChI=1S/C22H25N5O2/c28-22(29)11-15-9-18(10-15)26-7-5-17(6-8-26)27-14-16(12-24-27)21-13-23-19-3-1-2-4-20(19)25-21/h1-4,12-15,17-18H,5-11H2,(H,28,29). The van der Waals surface area contributed by atoms with E-state index in [1.54, 1.807) is 0 Å². The predicted octanol–water partition coefficient (Wildman–Crippen LogP) is 3.38. The molecular formula is C22H25N5O2. The van der Waals surface area contributed by atoms with Gasteiger partial charge in [0.05, 0.1) is 35.2 Å². The Labute approximate surface area is 169 Å². The van der Waals surface area contributed by atoms with Crippen LogP contribution in [-0.4, -0.2) is 54.9 Å². The number of carboxylic acids is 1. The molecule has 7 heteroatoms. The molecule has 1 saturated carbocycles. The van der Waals surface area contributed by atoms with E-state index in [2.05, 4.69) is 25.9 Å². The number of aromatic nitrogens is 4. The zero-order valence-electron chi connectivity index (χ0n) is 16.3. The molecular weight excluding hydrogens is 366 g/mol. The molecule has 2 aromatic heterocycles. The van der Waals surface area contributed by atoms with Crippen molar-refractivity contribution in [2.45, 2.75) is 44.2 Å². The largest absolute Gasteiger partial charge is 0.481 e. The van der Waals surface area contributed by atoms with Gasteiger partial charge in [-0.3, -0.25) is 14.5 Å². The van der Waals surface area contributed by atoms with Gasteiger partial charge in [0.25, 0.3) is 0 Å². The van der Waals surface area contributed by atoms with Crippen molar-refractivity contribution in [1.82, 2.24) is 24.6 Å². The molecule has 0 bridgehead atoms. The fraction of sp³-hybridized carbons (Fsp3) is 0.455. The molecule has 29 heavy (non-hydrogen) atoms. The predicted molar refractivity (Wildman–Crippen MR) is 109 cm³/mol. The van der Waals surface area contributed by atoms with Crippen molar-refractivity contribution in [3.05, 3.63) is 42.9 Å². The van der Waals surface area contributed by atoms with Crippen LogP contribution in [0.4, 0.5) is 0 Å². The maximum atomic E-state index is 10.8. The summed E-state index contributed by atoms with van der Waals surface area (Å²) in [4.78, 5) is 22.6. The zero-order valence-corrected chi connectivity index (χ0v) is 16.3. The van der Waals surface area contributed by atoms with E-state index in [9.17, 15) is 4.79 Å². The van der Waals surface area contributed by atoms with Crippen LogP contribution in [0.3, 0.4) is 0 Å². The molecule has 2 aliphatic rings. The molecule has 7 nitrogen and oxygen atoms in total. The van der Waals surface area contributed by atoms with Gasteiger partial charge in [0.2, 0.25) is 0 Å². The third-order valence-corrected chi connectivity index (χ3v) is 6.41. The Morgan fingerprint density at radius 3 is 2.59 bits per heavy atom. The lowest BCUT2D eigenvalue weighted by Crippen LogP contribution is -2.48. The number of nitrogens with zero attached hydrogens (tertiary/aromatic N) is 5. The first-order valence-corrected chi connectivity index (χ1v) is 10.4. The minimum atomic E-state index is -0.669. The molecule has 150 valence electrons. The first-order valence-electron chi connectivity index (χ1n) is 10.4. The molecule has 0 unspecified atom stereocenters. The van der Waals surface area contributed by atoms with Crippen molar-refractivity contribution < 1.29 is 9.90 Å². The van der Waals surface area contributed by atoms with Gasteiger partial charge < -0.3 is 10.0 Å². The second-order valence-electron chi connectivity index (χ2n) is 8.31. The molecule has 0 radical (unpaired) electrons. The summed E-state index contributed by atoms with van der Waals surface area (Å²) in [5.41, 5.74) is 3.65. The van der Waals surface area contributed by atoms with Gasteiger partial charge in [-0.05, 0) is 43.7 Å². The summed E-state index contributed by atoms with van der Waals surface area (Å²) in [6.45, 7) is 2.11. The maximum Gasteiger partial charge on any atom is 0.303 e. The van der Waals surface area contributed by atoms with Crippen molar-refractivity contribution in [2.24, 2.45) is 5.92 Å². The molecule has 1 saturated heterocycles. The number of carbonyl (C=O) groups is 1. The number of likely N-dealkylation sites (tertiary alicyclic amines) is 1. The molecule has 0 amide bonds. The van der Waals surface area contributed by atoms with Crippen molar-refractivity contribution in [3.8, 4) is 11.3 Å². The van der Waals surface area contributed by atoms with Crippen molar-refractivity contribution in [3.63, 3.8) is 0 Å². The van der Waals surface area contributed by atoms with Gasteiger partial charge in [0.15, 0.2) is 0 Å². The molecule has 5 rings (SSSR count). The fourth-order valence-corrected chi connectivity index (χ4v) is 4.69. The summed E-state index contributed by atoms with van der Waals surface area (Å²) in [5.74, 6) is -0.301. The SMILES string of the molecule is O=C(O)CC1CC(N2CCC(n3cc(-c4cnc5ccccc5n4)cn3)CC2)C1. The highest BCUT2D eigenvalue weighted by molar-refractivity contribution is 5.76. The lowest BCUT2D eigenvalue weighted by atomic mass is 9.76. The number of hydrogen-bond donors (Lipinski definition) is 1. The van der Waals surface area contributed by atoms with E-state index in [1.165, 1.54) is 0 Å². The van der Waals surface area contributed by atoms with Crippen LogP contribution in [0.25, 0.3) is 22.3 Å². The molecule has 2 fully saturated rings. The average molecular weight is 391 g/mol. The Morgan fingerprint density at radius 2 is 1.83 bits per heavy atom. The van der Waals surface area contributed by atoms with E-state index in [-0.39, 0.29) is 0 Å². The quantitative estimate of drug-likeness (QED) is 0.718. The number of carboxylic acid groups (broad SMARTS) is 1. The highest BCUT2D eigenvalue weighted by Gasteiger charge is 2.36. The number of piperidine rings is 1. The van der Waals surface area contributed by atoms with Crippen LogP contribution in [0, 0.1) is 5.92 Å². The van der Waals surface area contributed by atoms with Crippen molar-refractivity contribution >= 4 is 17.0 Å². The Hall–Kier alpha value is -2.80. The van der Waals surface area contributed by atoms with Crippen LogP contribution in [0.15, 0.2) is 42.9 Å². The van der Waals surface area contributed by atoms with E-state index >= 15 is 0 Å². The van der Waals surface area contributed by atoms with E-state index in [0.717, 1.165) is 61.1 Å². The summed E-state index contributed by atoms with van der Waals surface area (Å²) in [5, 5.41) is 13.5. The van der Waals surface area contributed by atoms with Gasteiger partial charge in [0.1, 0.15) is 0 Å². The summed E-state index contributed by atoms with van der Waals surface area (Å²) in [6.07, 6.45) is 10.3. The lowest BCUT2D eigenvalue weighted by Gasteiger charge is -2.45. The number of rotatable bonds is 5. The Bertz CT molecular complexity index is 1020. The number of hydrogen-bond acceptors (Lipinski definition) is 5. The summed E-state index contributed by atoms with van der Waals surface area (Å²) in [6, 6.07) is 8.87.